The summed E-state index contributed by atoms with van der Waals surface area (Å²) in [6, 6.07) is 0. The van der Waals surface area contributed by atoms with Crippen LogP contribution in [0.15, 0.2) is 0 Å². The van der Waals surface area contributed by atoms with Crippen molar-refractivity contribution in [1.29, 1.82) is 0 Å². The zero-order chi connectivity index (χ0) is 13.8. The second-order valence-electron chi connectivity index (χ2n) is 6.50. The highest BCUT2D eigenvalue weighted by atomic mass is 16.5. The fraction of sp³-hybridized carbons (Fsp3) is 1.00. The highest BCUT2D eigenvalue weighted by Crippen LogP contribution is 2.21. The maximum atomic E-state index is 9.35. The van der Waals surface area contributed by atoms with Crippen LogP contribution >= 0.6 is 0 Å². The van der Waals surface area contributed by atoms with E-state index in [0.29, 0.717) is 6.10 Å². The van der Waals surface area contributed by atoms with Crippen LogP contribution in [0.3, 0.4) is 0 Å². The van der Waals surface area contributed by atoms with Gasteiger partial charge in [0.25, 0.3) is 0 Å². The van der Waals surface area contributed by atoms with Crippen molar-refractivity contribution in [1.82, 2.24) is 10.2 Å². The Labute approximate surface area is 112 Å². The lowest BCUT2D eigenvalue weighted by molar-refractivity contribution is -0.129. The molecule has 18 heavy (non-hydrogen) atoms. The second kappa shape index (κ2) is 6.33. The predicted octanol–water partition coefficient (Wildman–Crippen LogP) is 1.24. The van der Waals surface area contributed by atoms with Gasteiger partial charge >= 0.3 is 0 Å². The van der Waals surface area contributed by atoms with Gasteiger partial charge in [0.15, 0.2) is 0 Å². The minimum absolute atomic E-state index is 0.0407. The topological polar surface area (TPSA) is 44.7 Å². The molecule has 0 aromatic carbocycles. The molecular formula is C14H30N2O2. The Balaban J connectivity index is 2.35. The van der Waals surface area contributed by atoms with E-state index in [1.165, 1.54) is 0 Å². The van der Waals surface area contributed by atoms with Gasteiger partial charge in [0.2, 0.25) is 0 Å². The molecule has 1 aliphatic rings. The molecule has 0 saturated carbocycles. The van der Waals surface area contributed by atoms with Crippen LogP contribution < -0.4 is 5.32 Å². The predicted molar refractivity (Wildman–Crippen MR) is 74.9 cm³/mol. The van der Waals surface area contributed by atoms with Gasteiger partial charge in [-0.25, -0.2) is 0 Å². The molecule has 0 bridgehead atoms. The van der Waals surface area contributed by atoms with E-state index in [4.69, 9.17) is 4.74 Å². The molecule has 0 radical (unpaired) electrons. The van der Waals surface area contributed by atoms with E-state index in [1.807, 2.05) is 7.05 Å². The summed E-state index contributed by atoms with van der Waals surface area (Å²) in [6.45, 7) is 11.8. The number of aliphatic hydroxyl groups is 1. The molecule has 108 valence electrons. The minimum atomic E-state index is -0.145. The summed E-state index contributed by atoms with van der Waals surface area (Å²) in [6.07, 6.45) is 2.40. The van der Waals surface area contributed by atoms with Gasteiger partial charge in [-0.15, -0.1) is 0 Å². The van der Waals surface area contributed by atoms with Gasteiger partial charge in [-0.3, -0.25) is 4.90 Å². The van der Waals surface area contributed by atoms with Crippen LogP contribution in [0.4, 0.5) is 0 Å². The lowest BCUT2D eigenvalue weighted by atomic mass is 9.96. The van der Waals surface area contributed by atoms with Crippen LogP contribution in [-0.4, -0.2) is 60.5 Å². The first-order valence-corrected chi connectivity index (χ1v) is 7.00. The molecule has 0 spiro atoms. The first-order chi connectivity index (χ1) is 8.30. The van der Waals surface area contributed by atoms with Crippen LogP contribution in [0.2, 0.25) is 0 Å². The minimum Gasteiger partial charge on any atom is -0.394 e. The van der Waals surface area contributed by atoms with Gasteiger partial charge in [0.05, 0.1) is 18.3 Å². The van der Waals surface area contributed by atoms with Crippen LogP contribution in [0.25, 0.3) is 0 Å². The number of ether oxygens (including phenoxy) is 1. The largest absolute Gasteiger partial charge is 0.394 e. The fourth-order valence-corrected chi connectivity index (χ4v) is 2.73. The molecule has 4 heteroatoms. The number of morpholine rings is 1. The lowest BCUT2D eigenvalue weighted by Gasteiger charge is -2.42. The summed E-state index contributed by atoms with van der Waals surface area (Å²) < 4.78 is 5.90. The maximum absolute atomic E-state index is 9.35. The van der Waals surface area contributed by atoms with Crippen molar-refractivity contribution in [2.75, 3.05) is 33.3 Å². The number of rotatable bonds is 6. The standard InChI is InChI=1S/C14H30N2O2/c1-12-9-16(10-13(2,3)18-12)8-6-7-14(4,11-17)15-5/h12,15,17H,6-11H2,1-5H3. The van der Waals surface area contributed by atoms with Crippen LogP contribution in [0, 0.1) is 0 Å². The molecule has 1 saturated heterocycles. The van der Waals surface area contributed by atoms with Crippen molar-refractivity contribution in [2.45, 2.75) is 57.8 Å². The third kappa shape index (κ3) is 4.84. The van der Waals surface area contributed by atoms with Crippen molar-refractivity contribution in [3.8, 4) is 0 Å². The molecule has 1 rings (SSSR count). The molecular weight excluding hydrogens is 228 g/mol. The number of aliphatic hydroxyl groups excluding tert-OH is 1. The molecule has 0 aliphatic carbocycles. The molecule has 2 unspecified atom stereocenters. The average Bonchev–Trinajstić information content (AvgIpc) is 2.26. The summed E-state index contributed by atoms with van der Waals surface area (Å²) in [7, 11) is 1.91. The molecule has 0 aromatic heterocycles. The van der Waals surface area contributed by atoms with Crippen molar-refractivity contribution in [3.63, 3.8) is 0 Å². The van der Waals surface area contributed by atoms with E-state index >= 15 is 0 Å². The van der Waals surface area contributed by atoms with Gasteiger partial charge in [-0.2, -0.15) is 0 Å². The number of nitrogens with one attached hydrogen (secondary N) is 1. The molecule has 2 N–H and O–H groups in total. The molecule has 4 nitrogen and oxygen atoms in total. The summed E-state index contributed by atoms with van der Waals surface area (Å²) in [5.41, 5.74) is -0.186. The highest BCUT2D eigenvalue weighted by molar-refractivity contribution is 4.84. The van der Waals surface area contributed by atoms with Gasteiger partial charge in [-0.1, -0.05) is 0 Å². The van der Waals surface area contributed by atoms with Crippen LogP contribution in [0.5, 0.6) is 0 Å². The Morgan fingerprint density at radius 2 is 2.17 bits per heavy atom. The summed E-state index contributed by atoms with van der Waals surface area (Å²) >= 11 is 0. The first-order valence-electron chi connectivity index (χ1n) is 7.00. The third-order valence-electron chi connectivity index (χ3n) is 3.80. The van der Waals surface area contributed by atoms with Gasteiger partial charge < -0.3 is 15.2 Å². The van der Waals surface area contributed by atoms with Crippen molar-refractivity contribution in [3.05, 3.63) is 0 Å². The zero-order valence-electron chi connectivity index (χ0n) is 12.6. The Hall–Kier alpha value is -0.160. The van der Waals surface area contributed by atoms with Crippen molar-refractivity contribution >= 4 is 0 Å². The van der Waals surface area contributed by atoms with Crippen LogP contribution in [0.1, 0.15) is 40.5 Å². The van der Waals surface area contributed by atoms with Gasteiger partial charge in [-0.05, 0) is 54.1 Å². The quantitative estimate of drug-likeness (QED) is 0.752. The Kier molecular flexibility index (Phi) is 5.59. The lowest BCUT2D eigenvalue weighted by Crippen LogP contribution is -2.52. The normalized spacial score (nSPS) is 28.0. The van der Waals surface area contributed by atoms with E-state index < -0.39 is 0 Å². The highest BCUT2D eigenvalue weighted by Gasteiger charge is 2.31. The number of hydrogen-bond acceptors (Lipinski definition) is 4. The number of likely N-dealkylation sites (N-methyl/N-ethyl adjacent to an activating group) is 1. The molecule has 0 amide bonds. The van der Waals surface area contributed by atoms with Crippen LogP contribution in [-0.2, 0) is 4.74 Å². The first kappa shape index (κ1) is 15.9. The summed E-state index contributed by atoms with van der Waals surface area (Å²) in [5.74, 6) is 0. The van der Waals surface area contributed by atoms with Crippen molar-refractivity contribution < 1.29 is 9.84 Å². The van der Waals surface area contributed by atoms with E-state index in [2.05, 4.69) is 37.9 Å². The van der Waals surface area contributed by atoms with Gasteiger partial charge in [0.1, 0.15) is 0 Å². The Morgan fingerprint density at radius 1 is 1.50 bits per heavy atom. The summed E-state index contributed by atoms with van der Waals surface area (Å²) in [4.78, 5) is 2.47. The van der Waals surface area contributed by atoms with E-state index in [1.54, 1.807) is 0 Å². The zero-order valence-corrected chi connectivity index (χ0v) is 12.6. The fourth-order valence-electron chi connectivity index (χ4n) is 2.73. The maximum Gasteiger partial charge on any atom is 0.0757 e. The monoisotopic (exact) mass is 258 g/mol. The Bertz CT molecular complexity index is 252. The van der Waals surface area contributed by atoms with E-state index in [0.717, 1.165) is 32.5 Å². The Morgan fingerprint density at radius 3 is 2.67 bits per heavy atom. The molecule has 0 aromatic rings. The van der Waals surface area contributed by atoms with E-state index in [-0.39, 0.29) is 17.7 Å². The molecule has 1 fully saturated rings. The smallest absolute Gasteiger partial charge is 0.0757 e. The molecule has 2 atom stereocenters. The SMILES string of the molecule is CNC(C)(CO)CCCN1CC(C)OC(C)(C)C1. The second-order valence-corrected chi connectivity index (χ2v) is 6.50. The third-order valence-corrected chi connectivity index (χ3v) is 3.80. The number of hydrogen-bond donors (Lipinski definition) is 2. The summed E-state index contributed by atoms with van der Waals surface area (Å²) in [5, 5.41) is 12.5. The average molecular weight is 258 g/mol. The van der Waals surface area contributed by atoms with Crippen molar-refractivity contribution in [2.24, 2.45) is 0 Å². The molecule has 1 aliphatic heterocycles. The molecule has 1 heterocycles. The van der Waals surface area contributed by atoms with E-state index in [9.17, 15) is 5.11 Å². The van der Waals surface area contributed by atoms with Gasteiger partial charge in [0, 0.05) is 18.6 Å². The number of nitrogens with zero attached hydrogens (tertiary/aromatic N) is 1.